The predicted molar refractivity (Wildman–Crippen MR) is 76.2 cm³/mol. The van der Waals surface area contributed by atoms with E-state index in [1.54, 1.807) is 0 Å². The number of carbonyl (C=O) groups is 1. The zero-order valence-corrected chi connectivity index (χ0v) is 12.3. The molecule has 3 rings (SSSR count). The van der Waals surface area contributed by atoms with Gasteiger partial charge < -0.3 is 9.84 Å². The highest BCUT2D eigenvalue weighted by molar-refractivity contribution is 6.42. The maximum Gasteiger partial charge on any atom is 0.359 e. The molecule has 0 radical (unpaired) electrons. The number of aromatic amines is 1. The standard InChI is InChI=1S/C13H11Cl2N3O3/c14-9-4-6-1-2-8(3-7(6)5-10(9)15)21-12-11(13(19)20)16-18-17-12/h4-5,8H,1-3H2,(H,19,20)(H,16,17,18). The van der Waals surface area contributed by atoms with Crippen LogP contribution in [0.15, 0.2) is 12.1 Å². The summed E-state index contributed by atoms with van der Waals surface area (Å²) in [6, 6.07) is 3.70. The Labute approximate surface area is 130 Å². The molecule has 8 heteroatoms. The molecule has 1 aliphatic rings. The number of nitrogens with zero attached hydrogens (tertiary/aromatic N) is 2. The molecule has 0 bridgehead atoms. The molecule has 1 aliphatic carbocycles. The molecular weight excluding hydrogens is 317 g/mol. The number of hydrogen-bond donors (Lipinski definition) is 2. The number of fused-ring (bicyclic) bond motifs is 1. The first-order valence-corrected chi connectivity index (χ1v) is 7.08. The zero-order valence-electron chi connectivity index (χ0n) is 10.8. The fraction of sp³-hybridized carbons (Fsp3) is 0.308. The van der Waals surface area contributed by atoms with Gasteiger partial charge in [0.2, 0.25) is 5.69 Å². The van der Waals surface area contributed by atoms with Gasteiger partial charge in [0.25, 0.3) is 5.88 Å². The third-order valence-corrected chi connectivity index (χ3v) is 4.16. The second kappa shape index (κ2) is 5.54. The number of carboxylic acids is 1. The fourth-order valence-corrected chi connectivity index (χ4v) is 2.79. The number of halogens is 2. The second-order valence-corrected chi connectivity index (χ2v) is 5.63. The Balaban J connectivity index is 1.79. The average molecular weight is 328 g/mol. The highest BCUT2D eigenvalue weighted by Gasteiger charge is 2.25. The number of aromatic carboxylic acids is 1. The lowest BCUT2D eigenvalue weighted by Gasteiger charge is -2.25. The Kier molecular flexibility index (Phi) is 3.73. The molecular formula is C13H11Cl2N3O3. The molecule has 21 heavy (non-hydrogen) atoms. The van der Waals surface area contributed by atoms with Crippen molar-refractivity contribution < 1.29 is 14.6 Å². The molecule has 0 saturated heterocycles. The summed E-state index contributed by atoms with van der Waals surface area (Å²) in [5.74, 6) is -1.14. The number of aromatic nitrogens is 3. The van der Waals surface area contributed by atoms with Crippen molar-refractivity contribution >= 4 is 29.2 Å². The number of ether oxygens (including phenoxy) is 1. The third kappa shape index (κ3) is 2.82. The minimum Gasteiger partial charge on any atom is -0.476 e. The first kappa shape index (κ1) is 14.2. The van der Waals surface area contributed by atoms with E-state index in [1.807, 2.05) is 12.1 Å². The van der Waals surface area contributed by atoms with Crippen LogP contribution in [0.3, 0.4) is 0 Å². The van der Waals surface area contributed by atoms with Gasteiger partial charge in [-0.25, -0.2) is 9.89 Å². The average Bonchev–Trinajstić information content (AvgIpc) is 2.89. The lowest BCUT2D eigenvalue weighted by atomic mass is 9.90. The van der Waals surface area contributed by atoms with Gasteiger partial charge >= 0.3 is 5.97 Å². The molecule has 1 atom stereocenters. The van der Waals surface area contributed by atoms with Crippen molar-refractivity contribution in [2.75, 3.05) is 0 Å². The Morgan fingerprint density at radius 1 is 1.33 bits per heavy atom. The van der Waals surface area contributed by atoms with Crippen LogP contribution in [0, 0.1) is 0 Å². The monoisotopic (exact) mass is 327 g/mol. The number of H-pyrrole nitrogens is 1. The molecule has 1 aromatic heterocycles. The number of benzene rings is 1. The van der Waals surface area contributed by atoms with Crippen molar-refractivity contribution in [3.05, 3.63) is 39.0 Å². The summed E-state index contributed by atoms with van der Waals surface area (Å²) >= 11 is 12.0. The molecule has 0 fully saturated rings. The van der Waals surface area contributed by atoms with Crippen LogP contribution < -0.4 is 4.74 Å². The summed E-state index contributed by atoms with van der Waals surface area (Å²) in [5, 5.41) is 19.5. The Morgan fingerprint density at radius 3 is 2.76 bits per heavy atom. The Hall–Kier alpha value is -1.79. The SMILES string of the molecule is O=C(O)c1[nH]nnc1OC1CCc2cc(Cl)c(Cl)cc2C1. The van der Waals surface area contributed by atoms with Crippen LogP contribution in [0.5, 0.6) is 5.88 Å². The molecule has 2 aromatic rings. The molecule has 6 nitrogen and oxygen atoms in total. The first-order valence-electron chi connectivity index (χ1n) is 6.32. The fourth-order valence-electron chi connectivity index (χ4n) is 2.41. The summed E-state index contributed by atoms with van der Waals surface area (Å²) in [6.07, 6.45) is 1.99. The van der Waals surface area contributed by atoms with Crippen LogP contribution >= 0.6 is 23.2 Å². The molecule has 0 amide bonds. The smallest absolute Gasteiger partial charge is 0.359 e. The van der Waals surface area contributed by atoms with Crippen molar-refractivity contribution in [3.8, 4) is 5.88 Å². The van der Waals surface area contributed by atoms with Gasteiger partial charge in [-0.15, -0.1) is 0 Å². The van der Waals surface area contributed by atoms with Gasteiger partial charge in [-0.1, -0.05) is 33.5 Å². The largest absolute Gasteiger partial charge is 0.476 e. The van der Waals surface area contributed by atoms with Crippen LogP contribution in [0.2, 0.25) is 10.0 Å². The van der Waals surface area contributed by atoms with Crippen LogP contribution in [0.25, 0.3) is 0 Å². The van der Waals surface area contributed by atoms with Crippen molar-refractivity contribution in [1.82, 2.24) is 15.4 Å². The van der Waals surface area contributed by atoms with E-state index in [0.29, 0.717) is 16.5 Å². The summed E-state index contributed by atoms with van der Waals surface area (Å²) in [6.45, 7) is 0. The second-order valence-electron chi connectivity index (χ2n) is 4.81. The van der Waals surface area contributed by atoms with Crippen LogP contribution in [0.1, 0.15) is 28.0 Å². The van der Waals surface area contributed by atoms with Crippen LogP contribution in [0.4, 0.5) is 0 Å². The highest BCUT2D eigenvalue weighted by atomic mass is 35.5. The van der Waals surface area contributed by atoms with E-state index in [9.17, 15) is 4.79 Å². The number of hydrogen-bond acceptors (Lipinski definition) is 4. The van der Waals surface area contributed by atoms with Crippen LogP contribution in [-0.4, -0.2) is 32.6 Å². The van der Waals surface area contributed by atoms with E-state index in [2.05, 4.69) is 15.4 Å². The summed E-state index contributed by atoms with van der Waals surface area (Å²) in [5.41, 5.74) is 2.05. The van der Waals surface area contributed by atoms with E-state index in [4.69, 9.17) is 33.0 Å². The number of aryl methyl sites for hydroxylation is 1. The van der Waals surface area contributed by atoms with Crippen molar-refractivity contribution in [2.45, 2.75) is 25.4 Å². The van der Waals surface area contributed by atoms with E-state index < -0.39 is 5.97 Å². The van der Waals surface area contributed by atoms with Gasteiger partial charge in [0.05, 0.1) is 10.0 Å². The quantitative estimate of drug-likeness (QED) is 0.904. The van der Waals surface area contributed by atoms with Crippen molar-refractivity contribution in [2.24, 2.45) is 0 Å². The van der Waals surface area contributed by atoms with E-state index >= 15 is 0 Å². The molecule has 2 N–H and O–H groups in total. The van der Waals surface area contributed by atoms with Crippen molar-refractivity contribution in [3.63, 3.8) is 0 Å². The summed E-state index contributed by atoms with van der Waals surface area (Å²) in [7, 11) is 0. The number of carboxylic acid groups (broad SMARTS) is 1. The maximum atomic E-state index is 11.0. The molecule has 0 spiro atoms. The first-order chi connectivity index (χ1) is 10.0. The minimum atomic E-state index is -1.15. The normalized spacial score (nSPS) is 17.3. The predicted octanol–water partition coefficient (Wildman–Crippen LogP) is 2.75. The van der Waals surface area contributed by atoms with Crippen molar-refractivity contribution in [1.29, 1.82) is 0 Å². The van der Waals surface area contributed by atoms with Gasteiger partial charge in [0, 0.05) is 6.42 Å². The van der Waals surface area contributed by atoms with E-state index in [0.717, 1.165) is 24.0 Å². The molecule has 1 heterocycles. The van der Waals surface area contributed by atoms with Gasteiger partial charge in [0.15, 0.2) is 0 Å². The van der Waals surface area contributed by atoms with Gasteiger partial charge in [0.1, 0.15) is 6.10 Å². The lowest BCUT2D eigenvalue weighted by Crippen LogP contribution is -2.26. The topological polar surface area (TPSA) is 88.1 Å². The van der Waals surface area contributed by atoms with Gasteiger partial charge in [-0.05, 0) is 36.1 Å². The molecule has 0 aliphatic heterocycles. The van der Waals surface area contributed by atoms with Gasteiger partial charge in [-0.3, -0.25) is 0 Å². The van der Waals surface area contributed by atoms with E-state index in [-0.39, 0.29) is 17.7 Å². The summed E-state index contributed by atoms with van der Waals surface area (Å²) < 4.78 is 5.65. The maximum absolute atomic E-state index is 11.0. The molecule has 1 aromatic carbocycles. The summed E-state index contributed by atoms with van der Waals surface area (Å²) in [4.78, 5) is 11.0. The van der Waals surface area contributed by atoms with Gasteiger partial charge in [-0.2, -0.15) is 0 Å². The Bertz CT molecular complexity index is 702. The molecule has 0 saturated carbocycles. The number of rotatable bonds is 3. The molecule has 110 valence electrons. The zero-order chi connectivity index (χ0) is 15.0. The van der Waals surface area contributed by atoms with Crippen LogP contribution in [-0.2, 0) is 12.8 Å². The third-order valence-electron chi connectivity index (χ3n) is 3.43. The van der Waals surface area contributed by atoms with E-state index in [1.165, 1.54) is 0 Å². The molecule has 1 unspecified atom stereocenters. The Morgan fingerprint density at radius 2 is 2.05 bits per heavy atom. The minimum absolute atomic E-state index is 0.0102. The number of nitrogens with one attached hydrogen (secondary N) is 1. The lowest BCUT2D eigenvalue weighted by molar-refractivity contribution is 0.0681. The highest BCUT2D eigenvalue weighted by Crippen LogP contribution is 2.31.